The lowest BCUT2D eigenvalue weighted by molar-refractivity contribution is -0.0507. The Morgan fingerprint density at radius 3 is 2.85 bits per heavy atom. The lowest BCUT2D eigenvalue weighted by Crippen LogP contribution is -2.20. The van der Waals surface area contributed by atoms with Crippen LogP contribution in [0.2, 0.25) is 0 Å². The maximum Gasteiger partial charge on any atom is 0.387 e. The van der Waals surface area contributed by atoms with Gasteiger partial charge in [0, 0.05) is 18.2 Å². The molecule has 0 saturated carbocycles. The van der Waals surface area contributed by atoms with Crippen molar-refractivity contribution in [3.05, 3.63) is 29.8 Å². The molecule has 1 saturated heterocycles. The number of halogens is 2. The summed E-state index contributed by atoms with van der Waals surface area (Å²) >= 11 is 0. The Labute approximate surface area is 118 Å². The quantitative estimate of drug-likeness (QED) is 0.831. The zero-order valence-corrected chi connectivity index (χ0v) is 11.6. The molecule has 0 bridgehead atoms. The second-order valence-corrected chi connectivity index (χ2v) is 4.97. The molecule has 1 aliphatic rings. The van der Waals surface area contributed by atoms with Gasteiger partial charge in [-0.3, -0.25) is 0 Å². The first-order valence-corrected chi connectivity index (χ1v) is 7.03. The van der Waals surface area contributed by atoms with Crippen molar-refractivity contribution < 1.29 is 18.3 Å². The highest BCUT2D eigenvalue weighted by atomic mass is 19.3. The van der Waals surface area contributed by atoms with E-state index < -0.39 is 6.61 Å². The van der Waals surface area contributed by atoms with Gasteiger partial charge >= 0.3 is 6.61 Å². The van der Waals surface area contributed by atoms with Crippen molar-refractivity contribution in [1.82, 2.24) is 5.32 Å². The Kier molecular flexibility index (Phi) is 5.73. The van der Waals surface area contributed by atoms with E-state index in [1.807, 2.05) is 19.2 Å². The van der Waals surface area contributed by atoms with Crippen molar-refractivity contribution >= 4 is 0 Å². The zero-order valence-electron chi connectivity index (χ0n) is 11.6. The molecule has 0 amide bonds. The molecule has 5 heteroatoms. The van der Waals surface area contributed by atoms with E-state index in [-0.39, 0.29) is 11.8 Å². The van der Waals surface area contributed by atoms with Crippen molar-refractivity contribution in [2.45, 2.75) is 44.4 Å². The van der Waals surface area contributed by atoms with Crippen LogP contribution in [0, 0.1) is 0 Å². The number of rotatable bonds is 7. The summed E-state index contributed by atoms with van der Waals surface area (Å²) in [6, 6.07) is 6.94. The fourth-order valence-electron chi connectivity index (χ4n) is 2.65. The minimum Gasteiger partial charge on any atom is -0.434 e. The molecule has 1 fully saturated rings. The largest absolute Gasteiger partial charge is 0.434 e. The summed E-state index contributed by atoms with van der Waals surface area (Å²) in [6.07, 6.45) is 4.26. The van der Waals surface area contributed by atoms with E-state index in [0.29, 0.717) is 6.10 Å². The summed E-state index contributed by atoms with van der Waals surface area (Å²) in [5.74, 6) is 0.245. The smallest absolute Gasteiger partial charge is 0.387 e. The van der Waals surface area contributed by atoms with Gasteiger partial charge in [0.25, 0.3) is 0 Å². The van der Waals surface area contributed by atoms with E-state index >= 15 is 0 Å². The minimum absolute atomic E-state index is 0.00542. The Morgan fingerprint density at radius 1 is 1.40 bits per heavy atom. The Balaban J connectivity index is 2.01. The molecule has 1 aliphatic heterocycles. The van der Waals surface area contributed by atoms with Gasteiger partial charge in [-0.25, -0.2) is 0 Å². The van der Waals surface area contributed by atoms with Gasteiger partial charge in [0.2, 0.25) is 0 Å². The topological polar surface area (TPSA) is 30.5 Å². The predicted molar refractivity (Wildman–Crippen MR) is 73.1 cm³/mol. The third kappa shape index (κ3) is 4.15. The number of hydrogen-bond acceptors (Lipinski definition) is 3. The van der Waals surface area contributed by atoms with Gasteiger partial charge in [-0.2, -0.15) is 8.78 Å². The van der Waals surface area contributed by atoms with Gasteiger partial charge in [0.1, 0.15) is 5.75 Å². The maximum atomic E-state index is 12.4. The molecule has 0 spiro atoms. The lowest BCUT2D eigenvalue weighted by atomic mass is 9.98. The van der Waals surface area contributed by atoms with Gasteiger partial charge < -0.3 is 14.8 Å². The number of hydrogen-bond donors (Lipinski definition) is 1. The summed E-state index contributed by atoms with van der Waals surface area (Å²) in [7, 11) is 1.83. The molecule has 0 aliphatic carbocycles. The average molecular weight is 285 g/mol. The zero-order chi connectivity index (χ0) is 14.4. The van der Waals surface area contributed by atoms with Crippen LogP contribution in [-0.4, -0.2) is 26.4 Å². The van der Waals surface area contributed by atoms with Crippen molar-refractivity contribution in [2.75, 3.05) is 13.7 Å². The third-order valence-corrected chi connectivity index (χ3v) is 3.66. The summed E-state index contributed by atoms with van der Waals surface area (Å²) in [4.78, 5) is 0. The average Bonchev–Trinajstić information content (AvgIpc) is 2.94. The Morgan fingerprint density at radius 2 is 2.20 bits per heavy atom. The molecular formula is C15H21F2NO2. The monoisotopic (exact) mass is 285 g/mol. The van der Waals surface area contributed by atoms with Crippen molar-refractivity contribution in [1.29, 1.82) is 0 Å². The molecule has 3 nitrogen and oxygen atoms in total. The highest BCUT2D eigenvalue weighted by molar-refractivity contribution is 5.36. The van der Waals surface area contributed by atoms with E-state index in [0.717, 1.165) is 37.9 Å². The minimum atomic E-state index is -2.80. The second-order valence-electron chi connectivity index (χ2n) is 4.97. The van der Waals surface area contributed by atoms with Gasteiger partial charge in [-0.05, 0) is 38.8 Å². The van der Waals surface area contributed by atoms with Crippen LogP contribution in [0.5, 0.6) is 5.75 Å². The van der Waals surface area contributed by atoms with Crippen LogP contribution in [0.25, 0.3) is 0 Å². The summed E-state index contributed by atoms with van der Waals surface area (Å²) in [6.45, 7) is -1.97. The number of alkyl halides is 2. The molecule has 1 aromatic carbocycles. The number of benzene rings is 1. The predicted octanol–water partition coefficient (Wildman–Crippen LogP) is 3.51. The molecule has 112 valence electrons. The van der Waals surface area contributed by atoms with Gasteiger partial charge in [0.15, 0.2) is 0 Å². The van der Waals surface area contributed by atoms with Crippen molar-refractivity contribution in [2.24, 2.45) is 0 Å². The maximum absolute atomic E-state index is 12.4. The van der Waals surface area contributed by atoms with Gasteiger partial charge in [-0.1, -0.05) is 18.2 Å². The molecule has 1 aromatic rings. The first-order chi connectivity index (χ1) is 9.70. The van der Waals surface area contributed by atoms with Crippen LogP contribution in [0.3, 0.4) is 0 Å². The van der Waals surface area contributed by atoms with Crippen molar-refractivity contribution in [3.63, 3.8) is 0 Å². The normalized spacial score (nSPS) is 20.3. The number of para-hydroxylation sites is 1. The van der Waals surface area contributed by atoms with E-state index in [4.69, 9.17) is 4.74 Å². The summed E-state index contributed by atoms with van der Waals surface area (Å²) in [5, 5.41) is 3.18. The second kappa shape index (κ2) is 7.55. The standard InChI is InChI=1S/C15H21F2NO2/c1-18-13(9-8-11-5-4-10-19-11)12-6-2-3-7-14(12)20-15(16)17/h2-3,6-7,11,13,15,18H,4-5,8-10H2,1H3. The number of nitrogens with one attached hydrogen (secondary N) is 1. The lowest BCUT2D eigenvalue weighted by Gasteiger charge is -2.21. The number of ether oxygens (including phenoxy) is 2. The van der Waals surface area contributed by atoms with Crippen LogP contribution in [0.4, 0.5) is 8.78 Å². The van der Waals surface area contributed by atoms with Crippen molar-refractivity contribution in [3.8, 4) is 5.75 Å². The highest BCUT2D eigenvalue weighted by Crippen LogP contribution is 2.30. The molecular weight excluding hydrogens is 264 g/mol. The molecule has 2 atom stereocenters. The van der Waals surface area contributed by atoms with E-state index in [2.05, 4.69) is 10.1 Å². The molecule has 20 heavy (non-hydrogen) atoms. The molecule has 0 radical (unpaired) electrons. The molecule has 1 heterocycles. The van der Waals surface area contributed by atoms with E-state index in [1.165, 1.54) is 0 Å². The van der Waals surface area contributed by atoms with E-state index in [1.54, 1.807) is 12.1 Å². The molecule has 0 aromatic heterocycles. The highest BCUT2D eigenvalue weighted by Gasteiger charge is 2.20. The van der Waals surface area contributed by atoms with Crippen LogP contribution >= 0.6 is 0 Å². The fourth-order valence-corrected chi connectivity index (χ4v) is 2.65. The molecule has 1 N–H and O–H groups in total. The van der Waals surface area contributed by atoms with Crippen LogP contribution < -0.4 is 10.1 Å². The Bertz CT molecular complexity index is 409. The molecule has 2 rings (SSSR count). The first-order valence-electron chi connectivity index (χ1n) is 7.03. The summed E-state index contributed by atoms with van der Waals surface area (Å²) in [5.41, 5.74) is 0.772. The van der Waals surface area contributed by atoms with Gasteiger partial charge in [-0.15, -0.1) is 0 Å². The Hall–Kier alpha value is -1.20. The SMILES string of the molecule is CNC(CCC1CCCO1)c1ccccc1OC(F)F. The van der Waals surface area contributed by atoms with Crippen LogP contribution in [0.15, 0.2) is 24.3 Å². The summed E-state index contributed by atoms with van der Waals surface area (Å²) < 4.78 is 35.1. The first kappa shape index (κ1) is 15.2. The molecule has 2 unspecified atom stereocenters. The van der Waals surface area contributed by atoms with Crippen LogP contribution in [-0.2, 0) is 4.74 Å². The third-order valence-electron chi connectivity index (χ3n) is 3.66. The fraction of sp³-hybridized carbons (Fsp3) is 0.600. The van der Waals surface area contributed by atoms with E-state index in [9.17, 15) is 8.78 Å². The van der Waals surface area contributed by atoms with Crippen LogP contribution in [0.1, 0.15) is 37.3 Å². The van der Waals surface area contributed by atoms with Gasteiger partial charge in [0.05, 0.1) is 6.10 Å².